The van der Waals surface area contributed by atoms with Crippen molar-refractivity contribution in [3.05, 3.63) is 52.8 Å². The molecule has 0 atom stereocenters. The van der Waals surface area contributed by atoms with Crippen molar-refractivity contribution in [1.82, 2.24) is 0 Å². The van der Waals surface area contributed by atoms with Crippen LogP contribution in [0.5, 0.6) is 11.5 Å². The van der Waals surface area contributed by atoms with E-state index in [-0.39, 0.29) is 17.4 Å². The van der Waals surface area contributed by atoms with E-state index in [9.17, 15) is 9.18 Å². The molecule has 2 N–H and O–H groups in total. The minimum Gasteiger partial charge on any atom is -0.490 e. The molecule has 0 aliphatic heterocycles. The molecule has 0 fully saturated rings. The maximum atomic E-state index is 12.9. The van der Waals surface area contributed by atoms with Crippen molar-refractivity contribution >= 4 is 29.4 Å². The van der Waals surface area contributed by atoms with Crippen molar-refractivity contribution in [2.75, 3.05) is 18.5 Å². The number of ether oxygens (including phenoxy) is 2. The minimum atomic E-state index is -0.439. The Labute approximate surface area is 148 Å². The van der Waals surface area contributed by atoms with Gasteiger partial charge in [-0.3, -0.25) is 4.79 Å². The fraction of sp³-hybridized carbons (Fsp3) is 0.176. The number of amides is 1. The first-order chi connectivity index (χ1) is 12.0. The summed E-state index contributed by atoms with van der Waals surface area (Å²) in [6, 6.07) is 8.44. The number of rotatable bonds is 7. The number of nitrogens with zero attached hydrogens (tertiary/aromatic N) is 1. The van der Waals surface area contributed by atoms with Crippen molar-refractivity contribution in [3.63, 3.8) is 0 Å². The lowest BCUT2D eigenvalue weighted by Gasteiger charge is -2.14. The van der Waals surface area contributed by atoms with E-state index in [0.717, 1.165) is 0 Å². The average Bonchev–Trinajstić information content (AvgIpc) is 2.57. The van der Waals surface area contributed by atoms with Crippen LogP contribution in [-0.2, 0) is 4.79 Å². The number of oxime groups is 1. The van der Waals surface area contributed by atoms with Crippen LogP contribution in [0.2, 0.25) is 5.02 Å². The summed E-state index contributed by atoms with van der Waals surface area (Å²) < 4.78 is 23.8. The summed E-state index contributed by atoms with van der Waals surface area (Å²) in [5, 5.41) is 14.3. The molecule has 0 aromatic heterocycles. The quantitative estimate of drug-likeness (QED) is 0.445. The molecule has 132 valence electrons. The van der Waals surface area contributed by atoms with Crippen molar-refractivity contribution in [1.29, 1.82) is 0 Å². The van der Waals surface area contributed by atoms with Gasteiger partial charge in [0.15, 0.2) is 18.1 Å². The van der Waals surface area contributed by atoms with Gasteiger partial charge < -0.3 is 20.0 Å². The number of nitrogens with one attached hydrogen (secondary N) is 1. The monoisotopic (exact) mass is 366 g/mol. The number of benzene rings is 2. The lowest BCUT2D eigenvalue weighted by molar-refractivity contribution is -0.118. The van der Waals surface area contributed by atoms with Crippen molar-refractivity contribution < 1.29 is 23.9 Å². The van der Waals surface area contributed by atoms with Crippen LogP contribution in [0, 0.1) is 5.82 Å². The Hall–Kier alpha value is -2.80. The third kappa shape index (κ3) is 5.36. The van der Waals surface area contributed by atoms with E-state index in [4.69, 9.17) is 26.3 Å². The Morgan fingerprint density at radius 1 is 1.32 bits per heavy atom. The van der Waals surface area contributed by atoms with Crippen LogP contribution in [0.3, 0.4) is 0 Å². The molecule has 0 aliphatic carbocycles. The molecule has 0 aliphatic rings. The highest BCUT2D eigenvalue weighted by Crippen LogP contribution is 2.36. The first-order valence-electron chi connectivity index (χ1n) is 7.35. The van der Waals surface area contributed by atoms with E-state index in [0.29, 0.717) is 23.6 Å². The zero-order valence-electron chi connectivity index (χ0n) is 13.3. The topological polar surface area (TPSA) is 80.2 Å². The lowest BCUT2D eigenvalue weighted by atomic mass is 10.2. The van der Waals surface area contributed by atoms with Gasteiger partial charge in [0.1, 0.15) is 5.82 Å². The van der Waals surface area contributed by atoms with Gasteiger partial charge in [0.2, 0.25) is 0 Å². The van der Waals surface area contributed by atoms with E-state index in [1.54, 1.807) is 13.0 Å². The molecule has 0 saturated carbocycles. The third-order valence-electron chi connectivity index (χ3n) is 3.01. The van der Waals surface area contributed by atoms with Crippen LogP contribution >= 0.6 is 11.6 Å². The van der Waals surface area contributed by atoms with Gasteiger partial charge >= 0.3 is 0 Å². The summed E-state index contributed by atoms with van der Waals surface area (Å²) in [5.74, 6) is -0.313. The van der Waals surface area contributed by atoms with E-state index < -0.39 is 11.7 Å². The molecule has 2 aromatic carbocycles. The molecule has 8 heteroatoms. The number of carbonyl (C=O) groups excluding carboxylic acids is 1. The van der Waals surface area contributed by atoms with Crippen LogP contribution in [0.1, 0.15) is 12.5 Å². The molecule has 2 rings (SSSR count). The maximum Gasteiger partial charge on any atom is 0.262 e. The molecule has 1 amide bonds. The third-order valence-corrected chi connectivity index (χ3v) is 3.29. The van der Waals surface area contributed by atoms with Gasteiger partial charge in [-0.25, -0.2) is 4.39 Å². The van der Waals surface area contributed by atoms with Gasteiger partial charge in [-0.1, -0.05) is 16.8 Å². The number of anilines is 1. The second-order valence-electron chi connectivity index (χ2n) is 4.85. The molecule has 2 aromatic rings. The van der Waals surface area contributed by atoms with Crippen LogP contribution in [-0.4, -0.2) is 30.5 Å². The number of carbonyl (C=O) groups is 1. The normalized spacial score (nSPS) is 10.7. The maximum absolute atomic E-state index is 12.9. The number of halogens is 2. The summed E-state index contributed by atoms with van der Waals surface area (Å²) in [6.45, 7) is 1.82. The summed E-state index contributed by atoms with van der Waals surface area (Å²) in [4.78, 5) is 12.0. The van der Waals surface area contributed by atoms with Crippen molar-refractivity contribution in [3.8, 4) is 11.5 Å². The Morgan fingerprint density at radius 3 is 2.68 bits per heavy atom. The van der Waals surface area contributed by atoms with Crippen LogP contribution in [0.15, 0.2) is 41.6 Å². The van der Waals surface area contributed by atoms with E-state index in [1.807, 2.05) is 0 Å². The van der Waals surface area contributed by atoms with Crippen molar-refractivity contribution in [2.45, 2.75) is 6.92 Å². The van der Waals surface area contributed by atoms with Gasteiger partial charge in [-0.05, 0) is 43.3 Å². The summed E-state index contributed by atoms with van der Waals surface area (Å²) in [6.07, 6.45) is 1.19. The molecule has 0 saturated heterocycles. The van der Waals surface area contributed by atoms with Crippen LogP contribution < -0.4 is 14.8 Å². The first-order valence-corrected chi connectivity index (χ1v) is 7.73. The van der Waals surface area contributed by atoms with E-state index >= 15 is 0 Å². The van der Waals surface area contributed by atoms with Gasteiger partial charge in [-0.15, -0.1) is 0 Å². The molecule has 0 spiro atoms. The highest BCUT2D eigenvalue weighted by atomic mass is 35.5. The Kier molecular flexibility index (Phi) is 6.59. The predicted octanol–water partition coefficient (Wildman–Crippen LogP) is 3.70. The smallest absolute Gasteiger partial charge is 0.262 e. The molecule has 0 heterocycles. The van der Waals surface area contributed by atoms with Gasteiger partial charge in [0, 0.05) is 11.3 Å². The van der Waals surface area contributed by atoms with Crippen LogP contribution in [0.4, 0.5) is 10.1 Å². The predicted molar refractivity (Wildman–Crippen MR) is 92.5 cm³/mol. The molecular weight excluding hydrogens is 351 g/mol. The number of hydrogen-bond donors (Lipinski definition) is 2. The molecule has 25 heavy (non-hydrogen) atoms. The molecule has 0 radical (unpaired) electrons. The fourth-order valence-electron chi connectivity index (χ4n) is 2.00. The van der Waals surface area contributed by atoms with Crippen molar-refractivity contribution in [2.24, 2.45) is 5.16 Å². The Balaban J connectivity index is 2.08. The van der Waals surface area contributed by atoms with Gasteiger partial charge in [0.25, 0.3) is 5.91 Å². The van der Waals surface area contributed by atoms with Gasteiger partial charge in [-0.2, -0.15) is 0 Å². The second kappa shape index (κ2) is 8.89. The zero-order valence-corrected chi connectivity index (χ0v) is 14.1. The molecular formula is C17H16ClFN2O4. The number of hydrogen-bond acceptors (Lipinski definition) is 5. The SMILES string of the molecule is CCOc1cc(C=NO)cc(Cl)c1OCC(=O)Nc1ccc(F)cc1. The Morgan fingerprint density at radius 2 is 2.04 bits per heavy atom. The standard InChI is InChI=1S/C17H16ClFN2O4/c1-2-24-15-8-11(9-20-23)7-14(18)17(15)25-10-16(22)21-13-5-3-12(19)4-6-13/h3-9,23H,2,10H2,1H3,(H,21,22). The largest absolute Gasteiger partial charge is 0.490 e. The summed E-state index contributed by atoms with van der Waals surface area (Å²) >= 11 is 6.15. The molecule has 0 bridgehead atoms. The van der Waals surface area contributed by atoms with Gasteiger partial charge in [0.05, 0.1) is 17.8 Å². The van der Waals surface area contributed by atoms with E-state index in [1.165, 1.54) is 36.5 Å². The Bertz CT molecular complexity index is 766. The lowest BCUT2D eigenvalue weighted by Crippen LogP contribution is -2.20. The first kappa shape index (κ1) is 18.5. The zero-order chi connectivity index (χ0) is 18.2. The summed E-state index contributed by atoms with van der Waals surface area (Å²) in [5.41, 5.74) is 0.958. The fourth-order valence-corrected chi connectivity index (χ4v) is 2.27. The molecule has 6 nitrogen and oxygen atoms in total. The molecule has 0 unspecified atom stereocenters. The average molecular weight is 367 g/mol. The minimum absolute atomic E-state index is 0.202. The summed E-state index contributed by atoms with van der Waals surface area (Å²) in [7, 11) is 0. The second-order valence-corrected chi connectivity index (χ2v) is 5.26. The highest BCUT2D eigenvalue weighted by molar-refractivity contribution is 6.32. The van der Waals surface area contributed by atoms with E-state index in [2.05, 4.69) is 10.5 Å². The van der Waals surface area contributed by atoms with Crippen LogP contribution in [0.25, 0.3) is 0 Å². The highest BCUT2D eigenvalue weighted by Gasteiger charge is 2.14.